The first-order valence-electron chi connectivity index (χ1n) is 7.03. The third-order valence-electron chi connectivity index (χ3n) is 3.99. The van der Waals surface area contributed by atoms with Crippen molar-refractivity contribution in [3.63, 3.8) is 0 Å². The zero-order valence-corrected chi connectivity index (χ0v) is 13.5. The lowest BCUT2D eigenvalue weighted by Crippen LogP contribution is -2.09. The van der Waals surface area contributed by atoms with Gasteiger partial charge in [-0.05, 0) is 69.1 Å². The van der Waals surface area contributed by atoms with Crippen LogP contribution in [0, 0.1) is 3.57 Å². The Balaban J connectivity index is 1.79. The molecule has 0 aliphatic heterocycles. The maximum absolute atomic E-state index is 3.68. The molecule has 0 saturated heterocycles. The number of hydrogen-bond donors (Lipinski definition) is 1. The quantitative estimate of drug-likeness (QED) is 0.579. The minimum Gasteiger partial charge on any atom is -0.374 e. The third kappa shape index (κ3) is 2.23. The molecule has 0 bridgehead atoms. The van der Waals surface area contributed by atoms with Gasteiger partial charge in [0, 0.05) is 9.26 Å². The van der Waals surface area contributed by atoms with Crippen LogP contribution in [-0.2, 0) is 0 Å². The van der Waals surface area contributed by atoms with Crippen LogP contribution < -0.4 is 5.32 Å². The predicted octanol–water partition coefficient (Wildman–Crippen LogP) is 5.47. The molecule has 0 amide bonds. The van der Waals surface area contributed by atoms with Gasteiger partial charge in [-0.3, -0.25) is 0 Å². The molecule has 1 aliphatic carbocycles. The van der Waals surface area contributed by atoms with E-state index in [0.29, 0.717) is 0 Å². The van der Waals surface area contributed by atoms with E-state index in [9.17, 15) is 0 Å². The summed E-state index contributed by atoms with van der Waals surface area (Å²) in [7, 11) is 0. The Morgan fingerprint density at radius 3 is 1.76 bits per heavy atom. The van der Waals surface area contributed by atoms with Gasteiger partial charge in [-0.2, -0.15) is 0 Å². The fraction of sp³-hybridized carbons (Fsp3) is 0.0526. The molecule has 2 heteroatoms. The lowest BCUT2D eigenvalue weighted by molar-refractivity contribution is 0.974. The SMILES string of the molecule is Ic1ccc(NC2c3ccccc3-c3ccccc32)cc1. The first-order valence-corrected chi connectivity index (χ1v) is 8.11. The largest absolute Gasteiger partial charge is 0.374 e. The summed E-state index contributed by atoms with van der Waals surface area (Å²) in [6.07, 6.45) is 0. The smallest absolute Gasteiger partial charge is 0.0779 e. The Kier molecular flexibility index (Phi) is 3.19. The predicted molar refractivity (Wildman–Crippen MR) is 96.5 cm³/mol. The van der Waals surface area contributed by atoms with Gasteiger partial charge in [-0.1, -0.05) is 48.5 Å². The maximum Gasteiger partial charge on any atom is 0.0779 e. The van der Waals surface area contributed by atoms with Crippen LogP contribution in [0.3, 0.4) is 0 Å². The van der Waals surface area contributed by atoms with Gasteiger partial charge in [0.15, 0.2) is 0 Å². The van der Waals surface area contributed by atoms with E-state index in [1.54, 1.807) is 0 Å². The summed E-state index contributed by atoms with van der Waals surface area (Å²) in [4.78, 5) is 0. The molecule has 1 nitrogen and oxygen atoms in total. The Morgan fingerprint density at radius 1 is 0.667 bits per heavy atom. The highest BCUT2D eigenvalue weighted by Crippen LogP contribution is 2.44. The first-order chi connectivity index (χ1) is 10.3. The van der Waals surface area contributed by atoms with Crippen molar-refractivity contribution < 1.29 is 0 Å². The number of hydrogen-bond acceptors (Lipinski definition) is 1. The van der Waals surface area contributed by atoms with E-state index in [1.807, 2.05) is 0 Å². The number of anilines is 1. The zero-order chi connectivity index (χ0) is 14.2. The highest BCUT2D eigenvalue weighted by Gasteiger charge is 2.27. The van der Waals surface area contributed by atoms with E-state index in [2.05, 4.69) is 101 Å². The summed E-state index contributed by atoms with van der Waals surface area (Å²) in [6, 6.07) is 26.1. The van der Waals surface area contributed by atoms with Gasteiger partial charge in [0.2, 0.25) is 0 Å². The third-order valence-corrected chi connectivity index (χ3v) is 4.71. The summed E-state index contributed by atoms with van der Waals surface area (Å²) < 4.78 is 1.25. The van der Waals surface area contributed by atoms with Crippen LogP contribution >= 0.6 is 22.6 Å². The van der Waals surface area contributed by atoms with E-state index in [4.69, 9.17) is 0 Å². The molecule has 0 unspecified atom stereocenters. The van der Waals surface area contributed by atoms with Crippen molar-refractivity contribution in [2.45, 2.75) is 6.04 Å². The number of rotatable bonds is 2. The van der Waals surface area contributed by atoms with Crippen molar-refractivity contribution in [3.05, 3.63) is 87.5 Å². The van der Waals surface area contributed by atoms with Crippen LogP contribution in [0.1, 0.15) is 17.2 Å². The molecule has 0 aromatic heterocycles. The average Bonchev–Trinajstić information content (AvgIpc) is 2.85. The van der Waals surface area contributed by atoms with Crippen molar-refractivity contribution in [3.8, 4) is 11.1 Å². The van der Waals surface area contributed by atoms with Crippen molar-refractivity contribution in [2.24, 2.45) is 0 Å². The topological polar surface area (TPSA) is 12.0 Å². The lowest BCUT2D eigenvalue weighted by Gasteiger charge is -2.17. The molecule has 0 fully saturated rings. The Bertz CT molecular complexity index is 747. The molecule has 3 aromatic carbocycles. The van der Waals surface area contributed by atoms with E-state index in [0.717, 1.165) is 5.69 Å². The minimum absolute atomic E-state index is 0.234. The summed E-state index contributed by atoms with van der Waals surface area (Å²) >= 11 is 2.33. The molecule has 4 rings (SSSR count). The Hall–Kier alpha value is -1.81. The second-order valence-corrected chi connectivity index (χ2v) is 6.50. The van der Waals surface area contributed by atoms with Crippen LogP contribution in [0.2, 0.25) is 0 Å². The number of halogens is 1. The highest BCUT2D eigenvalue weighted by molar-refractivity contribution is 14.1. The molecule has 21 heavy (non-hydrogen) atoms. The van der Waals surface area contributed by atoms with Crippen LogP contribution in [0.4, 0.5) is 5.69 Å². The molecule has 3 aromatic rings. The van der Waals surface area contributed by atoms with Crippen LogP contribution in [0.25, 0.3) is 11.1 Å². The summed E-state index contributed by atoms with van der Waals surface area (Å²) in [6.45, 7) is 0. The summed E-state index contributed by atoms with van der Waals surface area (Å²) in [5, 5.41) is 3.68. The van der Waals surface area contributed by atoms with E-state index >= 15 is 0 Å². The number of benzene rings is 3. The van der Waals surface area contributed by atoms with Gasteiger partial charge >= 0.3 is 0 Å². The molecule has 1 aliphatic rings. The Morgan fingerprint density at radius 2 is 1.19 bits per heavy atom. The van der Waals surface area contributed by atoms with Crippen molar-refractivity contribution >= 4 is 28.3 Å². The van der Waals surface area contributed by atoms with Crippen LogP contribution in [0.5, 0.6) is 0 Å². The molecule has 102 valence electrons. The monoisotopic (exact) mass is 383 g/mol. The summed E-state index contributed by atoms with van der Waals surface area (Å²) in [5.74, 6) is 0. The van der Waals surface area contributed by atoms with Gasteiger partial charge in [-0.15, -0.1) is 0 Å². The fourth-order valence-corrected chi connectivity index (χ4v) is 3.38. The van der Waals surface area contributed by atoms with Gasteiger partial charge in [0.05, 0.1) is 6.04 Å². The van der Waals surface area contributed by atoms with Gasteiger partial charge in [0.1, 0.15) is 0 Å². The van der Waals surface area contributed by atoms with Crippen molar-refractivity contribution in [2.75, 3.05) is 5.32 Å². The fourth-order valence-electron chi connectivity index (χ4n) is 3.02. The van der Waals surface area contributed by atoms with Crippen LogP contribution in [0.15, 0.2) is 72.8 Å². The van der Waals surface area contributed by atoms with E-state index in [-0.39, 0.29) is 6.04 Å². The highest BCUT2D eigenvalue weighted by atomic mass is 127. The molecule has 1 N–H and O–H groups in total. The van der Waals surface area contributed by atoms with Gasteiger partial charge in [-0.25, -0.2) is 0 Å². The zero-order valence-electron chi connectivity index (χ0n) is 11.4. The van der Waals surface area contributed by atoms with Gasteiger partial charge < -0.3 is 5.32 Å². The Labute approximate surface area is 138 Å². The number of fused-ring (bicyclic) bond motifs is 3. The van der Waals surface area contributed by atoms with E-state index in [1.165, 1.54) is 25.8 Å². The van der Waals surface area contributed by atoms with E-state index < -0.39 is 0 Å². The first kappa shape index (κ1) is 12.9. The van der Waals surface area contributed by atoms with Crippen molar-refractivity contribution in [1.29, 1.82) is 0 Å². The van der Waals surface area contributed by atoms with Crippen LogP contribution in [-0.4, -0.2) is 0 Å². The molecule has 0 radical (unpaired) electrons. The minimum atomic E-state index is 0.234. The lowest BCUT2D eigenvalue weighted by atomic mass is 10.1. The molecule has 0 atom stereocenters. The number of nitrogens with one attached hydrogen (secondary N) is 1. The normalized spacial score (nSPS) is 12.8. The molecular weight excluding hydrogens is 369 g/mol. The van der Waals surface area contributed by atoms with Crippen molar-refractivity contribution in [1.82, 2.24) is 0 Å². The molecule has 0 saturated carbocycles. The molecule has 0 spiro atoms. The molecule has 0 heterocycles. The van der Waals surface area contributed by atoms with Gasteiger partial charge in [0.25, 0.3) is 0 Å². The standard InChI is InChI=1S/C19H14IN/c20-13-9-11-14(12-10-13)21-19-17-7-3-1-5-15(17)16-6-2-4-8-18(16)19/h1-12,19,21H. The second kappa shape index (κ2) is 5.19. The second-order valence-electron chi connectivity index (χ2n) is 5.26. The maximum atomic E-state index is 3.68. The average molecular weight is 383 g/mol. The summed E-state index contributed by atoms with van der Waals surface area (Å²) in [5.41, 5.74) is 6.56. The molecular formula is C19H14IN.